The van der Waals surface area contributed by atoms with Crippen molar-refractivity contribution >= 4 is 12.2 Å². The van der Waals surface area contributed by atoms with E-state index in [1.807, 2.05) is 20.8 Å². The molecule has 0 bridgehead atoms. The van der Waals surface area contributed by atoms with Gasteiger partial charge in [-0.15, -0.1) is 0 Å². The van der Waals surface area contributed by atoms with Crippen molar-refractivity contribution in [1.29, 1.82) is 5.41 Å². The summed E-state index contributed by atoms with van der Waals surface area (Å²) in [5.41, 5.74) is -0.404. The molecule has 0 aliphatic rings. The Morgan fingerprint density at radius 2 is 2.09 bits per heavy atom. The standard InChI is InChI=1S/C8H15NO2/c1-8(2,3)11-7(10)5-4-6-9/h6,9H,4-5H2,1-3H3. The molecule has 0 atom stereocenters. The summed E-state index contributed by atoms with van der Waals surface area (Å²) < 4.78 is 5.00. The largest absolute Gasteiger partial charge is 0.460 e. The highest BCUT2D eigenvalue weighted by Gasteiger charge is 2.14. The van der Waals surface area contributed by atoms with Gasteiger partial charge < -0.3 is 10.1 Å². The van der Waals surface area contributed by atoms with Crippen molar-refractivity contribution in [3.8, 4) is 0 Å². The molecule has 0 aliphatic carbocycles. The van der Waals surface area contributed by atoms with E-state index in [9.17, 15) is 4.79 Å². The van der Waals surface area contributed by atoms with Crippen molar-refractivity contribution in [2.75, 3.05) is 0 Å². The summed E-state index contributed by atoms with van der Waals surface area (Å²) in [4.78, 5) is 10.9. The molecule has 11 heavy (non-hydrogen) atoms. The van der Waals surface area contributed by atoms with E-state index in [0.717, 1.165) is 0 Å². The van der Waals surface area contributed by atoms with Crippen molar-refractivity contribution in [2.24, 2.45) is 0 Å². The molecule has 64 valence electrons. The van der Waals surface area contributed by atoms with E-state index in [1.54, 1.807) is 0 Å². The van der Waals surface area contributed by atoms with E-state index in [0.29, 0.717) is 12.8 Å². The van der Waals surface area contributed by atoms with Crippen LogP contribution in [0, 0.1) is 5.41 Å². The third kappa shape index (κ3) is 7.03. The molecule has 0 aliphatic heterocycles. The van der Waals surface area contributed by atoms with Gasteiger partial charge in [0.2, 0.25) is 0 Å². The topological polar surface area (TPSA) is 50.2 Å². The Hall–Kier alpha value is -0.860. The number of carbonyl (C=O) groups is 1. The molecule has 3 heteroatoms. The Morgan fingerprint density at radius 3 is 2.45 bits per heavy atom. The number of ether oxygens (including phenoxy) is 1. The quantitative estimate of drug-likeness (QED) is 0.501. The zero-order valence-electron chi connectivity index (χ0n) is 7.31. The molecular formula is C8H15NO2. The summed E-state index contributed by atoms with van der Waals surface area (Å²) in [6.07, 6.45) is 1.99. The third-order valence-electron chi connectivity index (χ3n) is 0.913. The van der Waals surface area contributed by atoms with Crippen LogP contribution in [0.25, 0.3) is 0 Å². The lowest BCUT2D eigenvalue weighted by Gasteiger charge is -2.18. The minimum absolute atomic E-state index is 0.235. The van der Waals surface area contributed by atoms with Crippen LogP contribution in [0.3, 0.4) is 0 Å². The summed E-state index contributed by atoms with van der Waals surface area (Å²) >= 11 is 0. The lowest BCUT2D eigenvalue weighted by molar-refractivity contribution is -0.154. The summed E-state index contributed by atoms with van der Waals surface area (Å²) in [6, 6.07) is 0. The van der Waals surface area contributed by atoms with E-state index in [4.69, 9.17) is 10.1 Å². The average Bonchev–Trinajstić information content (AvgIpc) is 1.79. The summed E-state index contributed by atoms with van der Waals surface area (Å²) in [6.45, 7) is 5.49. The minimum Gasteiger partial charge on any atom is -0.460 e. The van der Waals surface area contributed by atoms with Gasteiger partial charge in [0.15, 0.2) is 0 Å². The molecule has 0 rings (SSSR count). The second-order valence-corrected chi connectivity index (χ2v) is 3.33. The van der Waals surface area contributed by atoms with E-state index in [1.165, 1.54) is 6.21 Å². The number of esters is 1. The SMILES string of the molecule is CC(C)(C)OC(=O)CCC=N. The van der Waals surface area contributed by atoms with Crippen molar-refractivity contribution in [2.45, 2.75) is 39.2 Å². The Labute approximate surface area is 67.3 Å². The lowest BCUT2D eigenvalue weighted by Crippen LogP contribution is -2.23. The van der Waals surface area contributed by atoms with Gasteiger partial charge in [0.05, 0.1) is 6.42 Å². The Bertz CT molecular complexity index is 147. The Balaban J connectivity index is 3.61. The van der Waals surface area contributed by atoms with Crippen LogP contribution in [0.1, 0.15) is 33.6 Å². The number of carbonyl (C=O) groups excluding carboxylic acids is 1. The van der Waals surface area contributed by atoms with E-state index < -0.39 is 5.60 Å². The Morgan fingerprint density at radius 1 is 1.55 bits per heavy atom. The van der Waals surface area contributed by atoms with Crippen LogP contribution in [0.2, 0.25) is 0 Å². The van der Waals surface area contributed by atoms with E-state index >= 15 is 0 Å². The van der Waals surface area contributed by atoms with Crippen molar-refractivity contribution in [3.05, 3.63) is 0 Å². The maximum atomic E-state index is 10.9. The zero-order valence-corrected chi connectivity index (χ0v) is 7.31. The van der Waals surface area contributed by atoms with Crippen LogP contribution in [0.5, 0.6) is 0 Å². The smallest absolute Gasteiger partial charge is 0.306 e. The second-order valence-electron chi connectivity index (χ2n) is 3.33. The molecule has 1 N–H and O–H groups in total. The predicted octanol–water partition coefficient (Wildman–Crippen LogP) is 1.76. The molecule has 0 saturated heterocycles. The van der Waals surface area contributed by atoms with Crippen molar-refractivity contribution in [3.63, 3.8) is 0 Å². The summed E-state index contributed by atoms with van der Waals surface area (Å²) in [5, 5.41) is 6.69. The highest BCUT2D eigenvalue weighted by Crippen LogP contribution is 2.08. The van der Waals surface area contributed by atoms with Gasteiger partial charge in [0, 0.05) is 0 Å². The maximum Gasteiger partial charge on any atom is 0.306 e. The van der Waals surface area contributed by atoms with Gasteiger partial charge in [-0.2, -0.15) is 0 Å². The molecule has 0 aromatic carbocycles. The minimum atomic E-state index is -0.404. The molecule has 0 amide bonds. The molecule has 0 spiro atoms. The zero-order chi connectivity index (χ0) is 8.91. The molecular weight excluding hydrogens is 142 g/mol. The molecule has 0 saturated carbocycles. The molecule has 0 aromatic heterocycles. The fourth-order valence-electron chi connectivity index (χ4n) is 0.583. The van der Waals surface area contributed by atoms with E-state index in [-0.39, 0.29) is 5.97 Å². The molecule has 0 radical (unpaired) electrons. The fourth-order valence-corrected chi connectivity index (χ4v) is 0.583. The summed E-state index contributed by atoms with van der Waals surface area (Å²) in [7, 11) is 0. The first-order valence-corrected chi connectivity index (χ1v) is 3.66. The van der Waals surface area contributed by atoms with Gasteiger partial charge in [-0.05, 0) is 33.4 Å². The van der Waals surface area contributed by atoms with Gasteiger partial charge >= 0.3 is 5.97 Å². The van der Waals surface area contributed by atoms with Gasteiger partial charge in [-0.1, -0.05) is 0 Å². The highest BCUT2D eigenvalue weighted by molar-refractivity contribution is 5.73. The lowest BCUT2D eigenvalue weighted by atomic mass is 10.2. The first-order chi connectivity index (χ1) is 4.95. The molecule has 0 unspecified atom stereocenters. The van der Waals surface area contributed by atoms with Gasteiger partial charge in [0.1, 0.15) is 5.60 Å². The molecule has 0 aromatic rings. The van der Waals surface area contributed by atoms with Gasteiger partial charge in [-0.3, -0.25) is 4.79 Å². The van der Waals surface area contributed by atoms with Crippen LogP contribution in [0.4, 0.5) is 0 Å². The Kier molecular flexibility index (Phi) is 3.79. The van der Waals surface area contributed by atoms with Gasteiger partial charge in [0.25, 0.3) is 0 Å². The number of hydrogen-bond donors (Lipinski definition) is 1. The maximum absolute atomic E-state index is 10.9. The number of hydrogen-bond acceptors (Lipinski definition) is 3. The third-order valence-corrected chi connectivity index (χ3v) is 0.913. The van der Waals surface area contributed by atoms with Crippen LogP contribution < -0.4 is 0 Å². The van der Waals surface area contributed by atoms with Crippen LogP contribution in [0.15, 0.2) is 0 Å². The fraction of sp³-hybridized carbons (Fsp3) is 0.750. The van der Waals surface area contributed by atoms with E-state index in [2.05, 4.69) is 0 Å². The average molecular weight is 157 g/mol. The van der Waals surface area contributed by atoms with Crippen LogP contribution in [-0.2, 0) is 9.53 Å². The number of rotatable bonds is 3. The van der Waals surface area contributed by atoms with Crippen molar-refractivity contribution in [1.82, 2.24) is 0 Å². The normalized spacial score (nSPS) is 10.8. The van der Waals surface area contributed by atoms with Crippen LogP contribution in [-0.4, -0.2) is 17.8 Å². The molecule has 3 nitrogen and oxygen atoms in total. The number of nitrogens with one attached hydrogen (secondary N) is 1. The second kappa shape index (κ2) is 4.11. The van der Waals surface area contributed by atoms with Crippen LogP contribution >= 0.6 is 0 Å². The summed E-state index contributed by atoms with van der Waals surface area (Å²) in [5.74, 6) is -0.235. The van der Waals surface area contributed by atoms with Gasteiger partial charge in [-0.25, -0.2) is 0 Å². The van der Waals surface area contributed by atoms with Crippen molar-refractivity contribution < 1.29 is 9.53 Å². The highest BCUT2D eigenvalue weighted by atomic mass is 16.6. The first kappa shape index (κ1) is 10.1. The monoisotopic (exact) mass is 157 g/mol. The molecule has 0 heterocycles. The first-order valence-electron chi connectivity index (χ1n) is 3.66. The molecule has 0 fully saturated rings. The predicted molar refractivity (Wildman–Crippen MR) is 43.9 cm³/mol.